The Kier molecular flexibility index (Phi) is 5.93. The van der Waals surface area contributed by atoms with Crippen molar-refractivity contribution in [2.24, 2.45) is 12.5 Å². The van der Waals surface area contributed by atoms with Gasteiger partial charge in [0, 0.05) is 33.5 Å². The van der Waals surface area contributed by atoms with Crippen LogP contribution in [0.15, 0.2) is 28.0 Å². The maximum absolute atomic E-state index is 12.6. The summed E-state index contributed by atoms with van der Waals surface area (Å²) < 4.78 is 1.75. The molecule has 1 fully saturated rings. The molecule has 0 bridgehead atoms. The zero-order chi connectivity index (χ0) is 24.8. The lowest BCUT2D eigenvalue weighted by molar-refractivity contribution is 0.0819. The lowest BCUT2D eigenvalue weighted by Gasteiger charge is -2.35. The first-order valence-electron chi connectivity index (χ1n) is 11.3. The number of amides is 1. The zero-order valence-corrected chi connectivity index (χ0v) is 20.1. The molecule has 180 valence electrons. The second-order valence-corrected chi connectivity index (χ2v) is 9.60. The third-order valence-electron chi connectivity index (χ3n) is 6.76. The summed E-state index contributed by atoms with van der Waals surface area (Å²) in [6.07, 6.45) is 7.41. The molecule has 2 aromatic heterocycles. The smallest absolute Gasteiger partial charge is 0.275 e. The number of carbonyl (C=O) groups excluding carboxylic acids is 1. The van der Waals surface area contributed by atoms with Crippen LogP contribution in [0.3, 0.4) is 0 Å². The van der Waals surface area contributed by atoms with Crippen LogP contribution in [0.2, 0.25) is 0 Å². The fraction of sp³-hybridized carbons (Fsp3) is 0.458. The largest absolute Gasteiger partial charge is 0.504 e. The third kappa shape index (κ3) is 3.93. The van der Waals surface area contributed by atoms with Crippen molar-refractivity contribution in [3.05, 3.63) is 55.9 Å². The average molecular weight is 467 g/mol. The van der Waals surface area contributed by atoms with Crippen molar-refractivity contribution in [3.8, 4) is 5.75 Å². The molecule has 1 unspecified atom stereocenters. The molecule has 34 heavy (non-hydrogen) atoms. The first-order chi connectivity index (χ1) is 16.0. The quantitative estimate of drug-likeness (QED) is 0.453. The van der Waals surface area contributed by atoms with Crippen LogP contribution in [-0.2, 0) is 7.05 Å². The number of hydrogen-bond donors (Lipinski definition) is 3. The highest BCUT2D eigenvalue weighted by Gasteiger charge is 2.41. The van der Waals surface area contributed by atoms with Gasteiger partial charge >= 0.3 is 0 Å². The molecule has 1 saturated carbocycles. The Hall–Kier alpha value is -3.69. The summed E-state index contributed by atoms with van der Waals surface area (Å²) >= 11 is 0. The van der Waals surface area contributed by atoms with Gasteiger partial charge in [-0.15, -0.1) is 0 Å². The molecule has 2 heterocycles. The number of nitrogens with one attached hydrogen (secondary N) is 2. The van der Waals surface area contributed by atoms with Gasteiger partial charge in [0.15, 0.2) is 11.4 Å². The minimum Gasteiger partial charge on any atom is -0.504 e. The Bertz CT molecular complexity index is 1310. The van der Waals surface area contributed by atoms with E-state index in [0.717, 1.165) is 36.9 Å². The highest BCUT2D eigenvalue weighted by molar-refractivity contribution is 5.97. The van der Waals surface area contributed by atoms with E-state index >= 15 is 0 Å². The van der Waals surface area contributed by atoms with Crippen molar-refractivity contribution in [1.82, 2.24) is 19.7 Å². The number of hydrogen-bond acceptors (Lipinski definition) is 8. The lowest BCUT2D eigenvalue weighted by atomic mass is 9.78. The van der Waals surface area contributed by atoms with Gasteiger partial charge in [0.05, 0.1) is 17.4 Å². The molecule has 3 N–H and O–H groups in total. The van der Waals surface area contributed by atoms with Crippen LogP contribution in [0.5, 0.6) is 5.75 Å². The summed E-state index contributed by atoms with van der Waals surface area (Å²) in [5, 5.41) is 21.4. The van der Waals surface area contributed by atoms with Crippen molar-refractivity contribution in [2.45, 2.75) is 45.6 Å². The fourth-order valence-electron chi connectivity index (χ4n) is 4.80. The van der Waals surface area contributed by atoms with Crippen LogP contribution in [0.4, 0.5) is 17.1 Å². The maximum Gasteiger partial charge on any atom is 0.275 e. The van der Waals surface area contributed by atoms with Crippen LogP contribution < -0.4 is 21.5 Å². The predicted octanol–water partition coefficient (Wildman–Crippen LogP) is 2.60. The monoisotopic (exact) mass is 466 g/mol. The first-order valence-corrected chi connectivity index (χ1v) is 11.3. The van der Waals surface area contributed by atoms with Crippen LogP contribution in [0.25, 0.3) is 0 Å². The Balaban J connectivity index is 1.70. The first kappa shape index (κ1) is 23.5. The van der Waals surface area contributed by atoms with Gasteiger partial charge in [-0.1, -0.05) is 19.8 Å². The summed E-state index contributed by atoms with van der Waals surface area (Å²) in [6.45, 7) is 4.16. The van der Waals surface area contributed by atoms with Crippen LogP contribution in [0.1, 0.15) is 60.4 Å². The van der Waals surface area contributed by atoms with Crippen molar-refractivity contribution in [1.29, 1.82) is 0 Å². The molecule has 0 spiro atoms. The number of pyridine rings is 1. The summed E-state index contributed by atoms with van der Waals surface area (Å²) in [5.41, 5.74) is 0.571. The molecule has 1 aromatic carbocycles. The molecule has 3 aromatic rings. The van der Waals surface area contributed by atoms with Crippen molar-refractivity contribution in [2.75, 3.05) is 24.7 Å². The number of anilines is 3. The Morgan fingerprint density at radius 3 is 2.44 bits per heavy atom. The van der Waals surface area contributed by atoms with Crippen LogP contribution >= 0.6 is 0 Å². The standard InChI is InChI=1S/C24H30N6O4/c1-13-12-30(5)28-15(13)22(24(2)9-6-7-10-24)27-17-16(20(32)21(17)33)26-14-8-11-25-18(19(14)31)23(34)29(3)4/h8,11-12,22,27,31H,6-7,9-10H2,1-5H3,(H,25,26). The van der Waals surface area contributed by atoms with Gasteiger partial charge in [0.2, 0.25) is 0 Å². The maximum atomic E-state index is 12.6. The summed E-state index contributed by atoms with van der Waals surface area (Å²) in [6, 6.07) is 1.18. The number of carbonyl (C=O) groups is 1. The average Bonchev–Trinajstić information content (AvgIpc) is 3.38. The van der Waals surface area contributed by atoms with E-state index in [4.69, 9.17) is 0 Å². The van der Waals surface area contributed by atoms with E-state index in [1.807, 2.05) is 20.2 Å². The van der Waals surface area contributed by atoms with Gasteiger partial charge < -0.3 is 20.6 Å². The molecule has 10 nitrogen and oxygen atoms in total. The molecule has 0 radical (unpaired) electrons. The summed E-state index contributed by atoms with van der Waals surface area (Å²) in [7, 11) is 4.95. The van der Waals surface area contributed by atoms with E-state index in [1.165, 1.54) is 17.2 Å². The molecule has 0 aliphatic heterocycles. The van der Waals surface area contributed by atoms with Gasteiger partial charge in [0.25, 0.3) is 16.8 Å². The van der Waals surface area contributed by atoms with E-state index in [-0.39, 0.29) is 40.0 Å². The van der Waals surface area contributed by atoms with Crippen molar-refractivity contribution < 1.29 is 9.90 Å². The lowest BCUT2D eigenvalue weighted by Crippen LogP contribution is -2.40. The highest BCUT2D eigenvalue weighted by Crippen LogP contribution is 2.49. The zero-order valence-electron chi connectivity index (χ0n) is 20.1. The van der Waals surface area contributed by atoms with E-state index in [0.29, 0.717) is 0 Å². The van der Waals surface area contributed by atoms with Gasteiger partial charge in [-0.25, -0.2) is 4.98 Å². The fourth-order valence-corrected chi connectivity index (χ4v) is 4.80. The van der Waals surface area contributed by atoms with E-state index in [9.17, 15) is 19.5 Å². The van der Waals surface area contributed by atoms with E-state index in [2.05, 4.69) is 27.6 Å². The Morgan fingerprint density at radius 1 is 1.21 bits per heavy atom. The predicted molar refractivity (Wildman–Crippen MR) is 129 cm³/mol. The van der Waals surface area contributed by atoms with E-state index < -0.39 is 16.8 Å². The number of aryl methyl sites for hydroxylation is 2. The summed E-state index contributed by atoms with van der Waals surface area (Å²) in [4.78, 5) is 42.7. The van der Waals surface area contributed by atoms with Crippen LogP contribution in [0, 0.1) is 12.3 Å². The van der Waals surface area contributed by atoms with Crippen molar-refractivity contribution >= 4 is 23.0 Å². The van der Waals surface area contributed by atoms with E-state index in [1.54, 1.807) is 18.8 Å². The Morgan fingerprint density at radius 2 is 1.85 bits per heavy atom. The van der Waals surface area contributed by atoms with Gasteiger partial charge in [0.1, 0.15) is 11.4 Å². The Labute approximate surface area is 197 Å². The minimum absolute atomic E-state index is 0.0509. The summed E-state index contributed by atoms with van der Waals surface area (Å²) in [5.74, 6) is -0.871. The third-order valence-corrected chi connectivity index (χ3v) is 6.76. The molecule has 1 aliphatic rings. The van der Waals surface area contributed by atoms with Gasteiger partial charge in [-0.2, -0.15) is 5.10 Å². The SMILES string of the molecule is Cc1cn(C)nc1C(Nc1c(Nc2ccnc(C(=O)N(C)C)c2O)c(=O)c1=O)C1(C)CCCC1. The van der Waals surface area contributed by atoms with Gasteiger partial charge in [-0.3, -0.25) is 19.1 Å². The highest BCUT2D eigenvalue weighted by atomic mass is 16.3. The second-order valence-electron chi connectivity index (χ2n) is 9.60. The van der Waals surface area contributed by atoms with Gasteiger partial charge in [-0.05, 0) is 36.8 Å². The number of aromatic hydroxyl groups is 1. The molecule has 4 rings (SSSR count). The molecule has 1 aliphatic carbocycles. The number of aromatic nitrogens is 3. The molecular formula is C24H30N6O4. The molecule has 0 saturated heterocycles. The molecule has 1 amide bonds. The number of rotatable bonds is 7. The van der Waals surface area contributed by atoms with Crippen LogP contribution in [-0.4, -0.2) is 44.8 Å². The molecular weight excluding hydrogens is 436 g/mol. The normalized spacial score (nSPS) is 15.9. The number of nitrogens with zero attached hydrogens (tertiary/aromatic N) is 4. The topological polar surface area (TPSA) is 129 Å². The second kappa shape index (κ2) is 8.58. The van der Waals surface area contributed by atoms with Crippen molar-refractivity contribution in [3.63, 3.8) is 0 Å². The molecule has 1 atom stereocenters. The molecule has 10 heteroatoms. The minimum atomic E-state index is -0.688.